The molecule has 73 heavy (non-hydrogen) atoms. The van der Waals surface area contributed by atoms with E-state index in [1.54, 1.807) is 11.1 Å². The van der Waals surface area contributed by atoms with Gasteiger partial charge in [-0.1, -0.05) is 88.4 Å². The van der Waals surface area contributed by atoms with Crippen molar-refractivity contribution >= 4 is 89.4 Å². The zero-order chi connectivity index (χ0) is 48.2. The van der Waals surface area contributed by atoms with E-state index in [-0.39, 0.29) is 23.1 Å². The molecule has 11 aliphatic rings. The second-order valence-electron chi connectivity index (χ2n) is 28.0. The molecule has 0 atom stereocenters. The Labute approximate surface area is 430 Å². The first-order valence-electron chi connectivity index (χ1n) is 29.0. The number of furan rings is 1. The predicted octanol–water partition coefficient (Wildman–Crippen LogP) is 16.9. The Kier molecular flexibility index (Phi) is 7.73. The van der Waals surface area contributed by atoms with E-state index in [0.29, 0.717) is 5.41 Å². The molecule has 0 radical (unpaired) electrons. The molecule has 8 saturated carbocycles. The van der Waals surface area contributed by atoms with Crippen molar-refractivity contribution in [2.24, 2.45) is 35.5 Å². The van der Waals surface area contributed by atoms with Gasteiger partial charge in [-0.15, -0.1) is 0 Å². The molecular formula is C69H67BN2O. The van der Waals surface area contributed by atoms with E-state index in [0.717, 1.165) is 46.7 Å². The highest BCUT2D eigenvalue weighted by Gasteiger charge is 2.55. The van der Waals surface area contributed by atoms with Gasteiger partial charge in [-0.05, 0) is 258 Å². The summed E-state index contributed by atoms with van der Waals surface area (Å²) in [6.45, 7) is 12.3. The predicted molar refractivity (Wildman–Crippen MR) is 304 cm³/mol. The molecule has 3 nitrogen and oxygen atoms in total. The summed E-state index contributed by atoms with van der Waals surface area (Å²) in [7, 11) is 0. The summed E-state index contributed by atoms with van der Waals surface area (Å²) in [5, 5.41) is 8.11. The molecule has 9 aromatic rings. The number of aryl methyl sites for hydroxylation is 1. The Morgan fingerprint density at radius 1 is 0.507 bits per heavy atom. The monoisotopic (exact) mass is 951 g/mol. The molecule has 9 aliphatic carbocycles. The molecule has 4 heterocycles. The van der Waals surface area contributed by atoms with Crippen LogP contribution >= 0.6 is 0 Å². The molecule has 362 valence electrons. The third kappa shape index (κ3) is 5.30. The molecule has 4 heteroatoms. The lowest BCUT2D eigenvalue weighted by Gasteiger charge is -2.57. The smallest absolute Gasteiger partial charge is 0.333 e. The fourth-order valence-corrected chi connectivity index (χ4v) is 20.3. The van der Waals surface area contributed by atoms with E-state index in [1.807, 2.05) is 0 Å². The largest absolute Gasteiger partial charge is 0.454 e. The van der Waals surface area contributed by atoms with E-state index in [9.17, 15) is 0 Å². The van der Waals surface area contributed by atoms with Gasteiger partial charge >= 0.3 is 6.85 Å². The van der Waals surface area contributed by atoms with Crippen molar-refractivity contribution < 1.29 is 4.42 Å². The molecule has 0 saturated heterocycles. The summed E-state index contributed by atoms with van der Waals surface area (Å²) in [5.41, 5.74) is 22.7. The third-order valence-electron chi connectivity index (χ3n) is 22.8. The van der Waals surface area contributed by atoms with Gasteiger partial charge in [-0.25, -0.2) is 0 Å². The number of fused-ring (bicyclic) bond motifs is 14. The zero-order valence-electron chi connectivity index (χ0n) is 43.6. The number of nitrogens with zero attached hydrogens (tertiary/aromatic N) is 2. The first-order chi connectivity index (χ1) is 35.4. The van der Waals surface area contributed by atoms with Crippen LogP contribution in [0.5, 0.6) is 0 Å². The van der Waals surface area contributed by atoms with Gasteiger partial charge in [0.1, 0.15) is 5.58 Å². The van der Waals surface area contributed by atoms with Crippen LogP contribution in [0.15, 0.2) is 114 Å². The van der Waals surface area contributed by atoms with Crippen molar-refractivity contribution in [3.8, 4) is 11.1 Å². The van der Waals surface area contributed by atoms with Crippen molar-refractivity contribution in [3.05, 3.63) is 137 Å². The Hall–Kier alpha value is -5.74. The van der Waals surface area contributed by atoms with Gasteiger partial charge in [0.05, 0.1) is 5.69 Å². The number of hydrogen-bond donors (Lipinski definition) is 0. The summed E-state index contributed by atoms with van der Waals surface area (Å²) < 4.78 is 10.3. The van der Waals surface area contributed by atoms with Crippen LogP contribution in [0.25, 0.3) is 65.6 Å². The lowest BCUT2D eigenvalue weighted by molar-refractivity contribution is -0.00527. The molecule has 0 amide bonds. The van der Waals surface area contributed by atoms with E-state index in [4.69, 9.17) is 4.42 Å². The van der Waals surface area contributed by atoms with Crippen LogP contribution in [0.3, 0.4) is 0 Å². The van der Waals surface area contributed by atoms with Gasteiger partial charge in [0, 0.05) is 49.5 Å². The lowest BCUT2D eigenvalue weighted by atomic mass is 9.44. The number of aromatic nitrogens is 1. The highest BCUT2D eigenvalue weighted by Crippen LogP contribution is 2.64. The SMILES string of the molecule is Cc1cc2c(cc1N1c3ccc4ccccc4c3B3c4c(cc5c(oc6ccccc65)c41)-c1cc(C45CC6CC(CC(C6)C4)C5)cc4c5cc(C67CC8CC(CC(C8)C6)C7)ccc5n3c14)C(C)(C)CCC2(C)C. The topological polar surface area (TPSA) is 21.3 Å². The highest BCUT2D eigenvalue weighted by molar-refractivity contribution is 6.92. The maximum absolute atomic E-state index is 7.40. The van der Waals surface area contributed by atoms with Gasteiger partial charge in [0.2, 0.25) is 0 Å². The molecule has 0 spiro atoms. The minimum absolute atomic E-state index is 0.0555. The van der Waals surface area contributed by atoms with E-state index >= 15 is 0 Å². The van der Waals surface area contributed by atoms with Crippen LogP contribution in [0.4, 0.5) is 17.1 Å². The summed E-state index contributed by atoms with van der Waals surface area (Å²) >= 11 is 0. The average Bonchev–Trinajstić information content (AvgIpc) is 3.92. The van der Waals surface area contributed by atoms with Crippen LogP contribution in [0, 0.1) is 42.4 Å². The minimum Gasteiger partial charge on any atom is -0.454 e. The Balaban J connectivity index is 0.995. The Bertz CT molecular complexity index is 3920. The van der Waals surface area contributed by atoms with E-state index < -0.39 is 0 Å². The van der Waals surface area contributed by atoms with E-state index in [2.05, 4.69) is 153 Å². The number of hydrogen-bond acceptors (Lipinski definition) is 2. The average molecular weight is 951 g/mol. The summed E-state index contributed by atoms with van der Waals surface area (Å²) in [5.74, 6) is 5.36. The maximum atomic E-state index is 7.40. The summed E-state index contributed by atoms with van der Waals surface area (Å²) in [6.07, 6.45) is 19.5. The molecule has 0 unspecified atom stereocenters. The first kappa shape index (κ1) is 41.6. The quantitative estimate of drug-likeness (QED) is 0.165. The fraction of sp³-hybridized carbons (Fsp3) is 0.420. The number of benzene rings is 7. The summed E-state index contributed by atoms with van der Waals surface area (Å²) in [6, 6.07) is 44.6. The zero-order valence-corrected chi connectivity index (χ0v) is 43.6. The van der Waals surface area contributed by atoms with Crippen molar-refractivity contribution in [1.82, 2.24) is 4.48 Å². The molecule has 8 bridgehead atoms. The molecule has 2 aromatic heterocycles. The molecule has 0 N–H and O–H groups in total. The summed E-state index contributed by atoms with van der Waals surface area (Å²) in [4.78, 5) is 2.72. The number of rotatable bonds is 3. The standard InChI is InChI=1S/C69H67BN2O/c1-38-20-55-56(67(4,5)19-18-66(55,2)3)31-59(38)71-58-16-14-45-10-6-7-11-48(45)61(58)70-62-51(30-54-49-12-8-9-13-60(49)73-65(54)64(62)71)53-29-47(69-35-42-24-43(36-69)26-44(25-42)37-69)28-52-50-27-46(15-17-57(50)72(70)63(52)53)68-32-39-21-40(33-68)23-41(22-39)34-68/h6-17,20,27-31,39-44H,18-19,21-26,32-37H2,1-5H3. The maximum Gasteiger partial charge on any atom is 0.333 e. The number of anilines is 3. The number of para-hydroxylation sites is 1. The van der Waals surface area contributed by atoms with Gasteiger partial charge < -0.3 is 13.8 Å². The second kappa shape index (κ2) is 13.6. The van der Waals surface area contributed by atoms with Gasteiger partial charge in [-0.2, -0.15) is 0 Å². The minimum atomic E-state index is -0.0587. The molecule has 20 rings (SSSR count). The third-order valence-corrected chi connectivity index (χ3v) is 22.8. The van der Waals surface area contributed by atoms with Crippen LogP contribution in [0.2, 0.25) is 0 Å². The first-order valence-corrected chi connectivity index (χ1v) is 29.0. The van der Waals surface area contributed by atoms with Gasteiger partial charge in [-0.3, -0.25) is 0 Å². The highest BCUT2D eigenvalue weighted by atomic mass is 16.3. The molecule has 8 fully saturated rings. The van der Waals surface area contributed by atoms with Gasteiger partial charge in [0.25, 0.3) is 0 Å². The molecular weight excluding hydrogens is 884 g/mol. The van der Waals surface area contributed by atoms with Crippen molar-refractivity contribution in [1.29, 1.82) is 0 Å². The fourth-order valence-electron chi connectivity index (χ4n) is 20.3. The van der Waals surface area contributed by atoms with Crippen LogP contribution in [-0.2, 0) is 21.7 Å². The van der Waals surface area contributed by atoms with Crippen LogP contribution in [-0.4, -0.2) is 11.3 Å². The van der Waals surface area contributed by atoms with Crippen molar-refractivity contribution in [3.63, 3.8) is 0 Å². The molecule has 2 aliphatic heterocycles. The molecule has 7 aromatic carbocycles. The van der Waals surface area contributed by atoms with Crippen LogP contribution in [0.1, 0.15) is 145 Å². The second-order valence-corrected chi connectivity index (χ2v) is 28.0. The van der Waals surface area contributed by atoms with Crippen LogP contribution < -0.4 is 15.8 Å². The van der Waals surface area contributed by atoms with E-state index in [1.165, 1.54) is 189 Å². The normalized spacial score (nSPS) is 30.3. The van der Waals surface area contributed by atoms with Gasteiger partial charge in [0.15, 0.2) is 5.58 Å². The Morgan fingerprint density at radius 2 is 1.11 bits per heavy atom. The van der Waals surface area contributed by atoms with Crippen molar-refractivity contribution in [2.45, 2.75) is 146 Å². The Morgan fingerprint density at radius 3 is 1.79 bits per heavy atom. The van der Waals surface area contributed by atoms with Crippen molar-refractivity contribution in [2.75, 3.05) is 4.90 Å². The lowest BCUT2D eigenvalue weighted by Crippen LogP contribution is -2.57.